The van der Waals surface area contributed by atoms with E-state index in [2.05, 4.69) is 62.9 Å². The quantitative estimate of drug-likeness (QED) is 0.113. The lowest BCUT2D eigenvalue weighted by atomic mass is 10.1. The van der Waals surface area contributed by atoms with Gasteiger partial charge in [-0.2, -0.15) is 4.98 Å². The highest BCUT2D eigenvalue weighted by Crippen LogP contribution is 2.58. The smallest absolute Gasteiger partial charge is 0.410 e. The molecule has 3 aliphatic rings. The topological polar surface area (TPSA) is 252 Å². The van der Waals surface area contributed by atoms with Crippen LogP contribution in [0.4, 0.5) is 16.2 Å². The molecule has 7 heterocycles. The van der Waals surface area contributed by atoms with E-state index in [0.717, 1.165) is 0 Å². The van der Waals surface area contributed by atoms with Gasteiger partial charge < -0.3 is 34.6 Å². The number of thiol groups is 1. The number of halogens is 1. The molecule has 3 saturated heterocycles. The second-order valence-electron chi connectivity index (χ2n) is 13.7. The van der Waals surface area contributed by atoms with Crippen molar-refractivity contribution in [1.29, 1.82) is 0 Å². The van der Waals surface area contributed by atoms with Gasteiger partial charge in [-0.25, -0.2) is 28.9 Å². The van der Waals surface area contributed by atoms with E-state index in [0.29, 0.717) is 0 Å². The molecule has 6 N–H and O–H groups in total. The van der Waals surface area contributed by atoms with Crippen molar-refractivity contribution >= 4 is 81.8 Å². The Morgan fingerprint density at radius 1 is 1.14 bits per heavy atom. The Balaban J connectivity index is 1.24. The molecule has 0 aromatic carbocycles. The lowest BCUT2D eigenvalue weighted by Crippen LogP contribution is -2.50. The summed E-state index contributed by atoms with van der Waals surface area (Å²) in [5.74, 6) is -0.0497. The number of H-pyrrole nitrogens is 1. The number of phosphoric acid groups is 1. The van der Waals surface area contributed by atoms with Gasteiger partial charge in [0, 0.05) is 0 Å². The molecule has 3 aliphatic heterocycles. The van der Waals surface area contributed by atoms with Gasteiger partial charge in [-0.1, -0.05) is 33.0 Å². The van der Waals surface area contributed by atoms with Crippen LogP contribution in [0.25, 0.3) is 22.3 Å². The normalized spacial score (nSPS) is 33.9. The zero-order valence-electron chi connectivity index (χ0n) is 27.9. The maximum atomic E-state index is 16.3. The number of ether oxygens (including phenoxy) is 1. The number of hydrogen-bond acceptors (Lipinski definition) is 17. The van der Waals surface area contributed by atoms with Crippen LogP contribution in [0, 0.1) is 0 Å². The largest absolute Gasteiger partial charge is 0.472 e. The lowest BCUT2D eigenvalue weighted by molar-refractivity contribution is -0.0481. The molecular formula is C26H37FN10O9P2S2Si. The zero-order valence-corrected chi connectivity index (χ0v) is 32.4. The predicted octanol–water partition coefficient (Wildman–Crippen LogP) is 3.44. The minimum absolute atomic E-state index is 0.00908. The van der Waals surface area contributed by atoms with Crippen LogP contribution in [0.3, 0.4) is 0 Å². The summed E-state index contributed by atoms with van der Waals surface area (Å²) in [5.41, 5.74) is 11.8. The Labute approximate surface area is 301 Å². The minimum Gasteiger partial charge on any atom is -0.410 e. The summed E-state index contributed by atoms with van der Waals surface area (Å²) in [5, 5.41) is -1.65. The standard InChI is InChI=1S/C26H37FN10O9P2S2Si/c1-26(2,3)51(4,5)46-17-12-7-41-47(49)44-16-11(43-23(13(16)27)36-9-32-14-19(28)30-8-31-20(14)36)6-42-48(39,40)45-18(17)24(50-12)37-10-33-15-21(37)34-25(29)35-22(15)38/h8-13,16-18,23-24,49H,6-7H2,1-5H3,(H,39,40)(H2,28,30,31)(H3,29,34,35,38)/t11-,12-,13+,16-,17-,18-,23-,24-,47?/m1/s1. The van der Waals surface area contributed by atoms with E-state index >= 15 is 4.39 Å². The van der Waals surface area contributed by atoms with Crippen LogP contribution < -0.4 is 17.0 Å². The summed E-state index contributed by atoms with van der Waals surface area (Å²) in [4.78, 5) is 47.1. The number of nitrogen functional groups attached to an aromatic ring is 2. The number of nitrogens with one attached hydrogen (secondary N) is 1. The Morgan fingerprint density at radius 3 is 2.61 bits per heavy atom. The van der Waals surface area contributed by atoms with Crippen molar-refractivity contribution in [3.63, 3.8) is 0 Å². The number of nitrogens with zero attached hydrogens (tertiary/aromatic N) is 7. The van der Waals surface area contributed by atoms with Crippen molar-refractivity contribution < 1.29 is 41.1 Å². The van der Waals surface area contributed by atoms with Gasteiger partial charge in [0.15, 0.2) is 43.3 Å². The summed E-state index contributed by atoms with van der Waals surface area (Å²) >= 11 is 5.83. The van der Waals surface area contributed by atoms with Gasteiger partial charge in [0.1, 0.15) is 35.5 Å². The highest BCUT2D eigenvalue weighted by atomic mass is 32.7. The fourth-order valence-corrected chi connectivity index (χ4v) is 11.2. The second-order valence-corrected chi connectivity index (χ2v) is 23.2. The van der Waals surface area contributed by atoms with E-state index in [4.69, 9.17) is 38.7 Å². The highest BCUT2D eigenvalue weighted by molar-refractivity contribution is 8.41. The molecule has 2 unspecified atom stereocenters. The number of aromatic amines is 1. The number of fused-ring (bicyclic) bond motifs is 5. The molecule has 4 aromatic rings. The fourth-order valence-electron chi connectivity index (χ4n) is 5.83. The number of aromatic nitrogens is 8. The van der Waals surface area contributed by atoms with Crippen molar-refractivity contribution in [1.82, 2.24) is 39.0 Å². The Kier molecular flexibility index (Phi) is 9.84. The van der Waals surface area contributed by atoms with Crippen LogP contribution in [0.1, 0.15) is 32.4 Å². The molecule has 0 spiro atoms. The Morgan fingerprint density at radius 2 is 1.86 bits per heavy atom. The summed E-state index contributed by atoms with van der Waals surface area (Å²) in [6.45, 7) is 9.56. The Hall–Kier alpha value is -2.27. The molecule has 25 heteroatoms. The number of hydrogen-bond donors (Lipinski definition) is 5. The van der Waals surface area contributed by atoms with E-state index < -0.39 is 83.3 Å². The molecule has 4 aromatic heterocycles. The number of alkyl halides is 1. The van der Waals surface area contributed by atoms with Gasteiger partial charge in [0.2, 0.25) is 13.5 Å². The van der Waals surface area contributed by atoms with E-state index in [1.165, 1.54) is 35.3 Å². The molecule has 7 rings (SSSR count). The average molecular weight is 807 g/mol. The first-order chi connectivity index (χ1) is 23.9. The first-order valence-corrected chi connectivity index (χ1v) is 23.3. The third-order valence-corrected chi connectivity index (χ3v) is 17.8. The maximum absolute atomic E-state index is 16.3. The van der Waals surface area contributed by atoms with Gasteiger partial charge >= 0.3 is 7.82 Å². The van der Waals surface area contributed by atoms with E-state index in [1.54, 1.807) is 4.57 Å². The number of imidazole rings is 2. The molecule has 3 fully saturated rings. The number of thioether (sulfide) groups is 1. The number of phosphoric ester groups is 1. The number of nitrogens with two attached hydrogens (primary N) is 2. The molecular weight excluding hydrogens is 770 g/mol. The molecule has 19 nitrogen and oxygen atoms in total. The fraction of sp³-hybridized carbons (Fsp3) is 0.615. The van der Waals surface area contributed by atoms with Gasteiger partial charge in [-0.05, 0) is 18.1 Å². The first kappa shape index (κ1) is 37.1. The van der Waals surface area contributed by atoms with Crippen LogP contribution in [0.5, 0.6) is 0 Å². The molecule has 51 heavy (non-hydrogen) atoms. The Bertz CT molecular complexity index is 2060. The maximum Gasteiger partial charge on any atom is 0.472 e. The monoisotopic (exact) mass is 806 g/mol. The van der Waals surface area contributed by atoms with Crippen LogP contribution in [0.15, 0.2) is 23.8 Å². The second kappa shape index (κ2) is 13.5. The van der Waals surface area contributed by atoms with Crippen molar-refractivity contribution in [2.24, 2.45) is 0 Å². The summed E-state index contributed by atoms with van der Waals surface area (Å²) < 4.78 is 69.6. The summed E-state index contributed by atoms with van der Waals surface area (Å²) in [6.07, 6.45) is -3.89. The van der Waals surface area contributed by atoms with Crippen LogP contribution >= 0.6 is 39.4 Å². The lowest BCUT2D eigenvalue weighted by Gasteiger charge is -2.41. The molecule has 0 aliphatic carbocycles. The number of anilines is 2. The molecule has 10 atom stereocenters. The molecule has 2 bridgehead atoms. The van der Waals surface area contributed by atoms with Gasteiger partial charge in [-0.3, -0.25) is 28.0 Å². The summed E-state index contributed by atoms with van der Waals surface area (Å²) in [7, 11) is -9.60. The van der Waals surface area contributed by atoms with E-state index in [-0.39, 0.29) is 45.7 Å². The predicted molar refractivity (Wildman–Crippen MR) is 191 cm³/mol. The first-order valence-electron chi connectivity index (χ1n) is 15.7. The van der Waals surface area contributed by atoms with Crippen molar-refractivity contribution in [3.05, 3.63) is 29.3 Å². The molecule has 0 amide bonds. The highest BCUT2D eigenvalue weighted by Gasteiger charge is 2.55. The van der Waals surface area contributed by atoms with Crippen LogP contribution in [0.2, 0.25) is 18.1 Å². The molecule has 278 valence electrons. The van der Waals surface area contributed by atoms with E-state index in [1.807, 2.05) is 13.1 Å². The number of rotatable bonds is 4. The third-order valence-electron chi connectivity index (χ3n) is 9.39. The van der Waals surface area contributed by atoms with E-state index in [9.17, 15) is 14.3 Å². The van der Waals surface area contributed by atoms with Crippen LogP contribution in [-0.2, 0) is 31.8 Å². The average Bonchev–Trinajstić information content (AvgIpc) is 3.80. The van der Waals surface area contributed by atoms with Crippen molar-refractivity contribution in [2.45, 2.75) is 86.3 Å². The molecule has 0 saturated carbocycles. The van der Waals surface area contributed by atoms with Gasteiger partial charge in [0.05, 0.1) is 37.2 Å². The van der Waals surface area contributed by atoms with Crippen LogP contribution in [-0.4, -0.2) is 101 Å². The summed E-state index contributed by atoms with van der Waals surface area (Å²) in [6, 6.07) is 0. The van der Waals surface area contributed by atoms with Crippen molar-refractivity contribution in [3.8, 4) is 0 Å². The van der Waals surface area contributed by atoms with Crippen molar-refractivity contribution in [2.75, 3.05) is 24.7 Å². The third kappa shape index (κ3) is 6.96. The minimum atomic E-state index is -4.96. The SMILES string of the molecule is CC(C)(C)[Si](C)(C)O[C@H]1[C@H]2OP(=O)(O)OC[C@H]3O[C@@H](n4cnc5c(N)ncnc54)[C@@H](F)[C@@H]3OP(S)OC[C@H]1S[C@H]2n1cnc2c(=O)[nH]c(N)nc21. The molecule has 0 radical (unpaired) electrons. The van der Waals surface area contributed by atoms with Gasteiger partial charge in [-0.15, -0.1) is 11.8 Å². The zero-order chi connectivity index (χ0) is 36.6. The van der Waals surface area contributed by atoms with Gasteiger partial charge in [0.25, 0.3) is 5.56 Å².